The molecular weight excluding hydrogens is 264 g/mol. The molecule has 1 aliphatic rings. The molecule has 3 rings (SSSR count). The summed E-state index contributed by atoms with van der Waals surface area (Å²) in [6.45, 7) is 0.689. The molecule has 0 bridgehead atoms. The van der Waals surface area contributed by atoms with Crippen LogP contribution in [0.25, 0.3) is 0 Å². The van der Waals surface area contributed by atoms with Crippen LogP contribution in [0.4, 0.5) is 0 Å². The maximum absolute atomic E-state index is 5.40. The molecular formula is C17H20N2O2. The summed E-state index contributed by atoms with van der Waals surface area (Å²) in [5.74, 6) is 2.05. The molecule has 1 heterocycles. The van der Waals surface area contributed by atoms with Crippen molar-refractivity contribution in [1.29, 1.82) is 0 Å². The molecule has 21 heavy (non-hydrogen) atoms. The van der Waals surface area contributed by atoms with Crippen LogP contribution in [-0.2, 0) is 6.54 Å². The predicted octanol–water partition coefficient (Wildman–Crippen LogP) is 2.74. The SMILES string of the molecule is COc1ccnc(CNC2CC2c2ccccc2)c1OC. The van der Waals surface area contributed by atoms with Gasteiger partial charge in [-0.05, 0) is 12.0 Å². The topological polar surface area (TPSA) is 43.4 Å². The fourth-order valence-corrected chi connectivity index (χ4v) is 2.69. The van der Waals surface area contributed by atoms with Crippen molar-refractivity contribution in [2.45, 2.75) is 24.9 Å². The van der Waals surface area contributed by atoms with Crippen LogP contribution in [-0.4, -0.2) is 25.2 Å². The second-order valence-corrected chi connectivity index (χ2v) is 5.23. The number of benzene rings is 1. The third-order valence-electron chi connectivity index (χ3n) is 3.92. The Balaban J connectivity index is 1.62. The number of aromatic nitrogens is 1. The smallest absolute Gasteiger partial charge is 0.183 e. The molecule has 4 heteroatoms. The van der Waals surface area contributed by atoms with Crippen LogP contribution in [0.5, 0.6) is 11.5 Å². The van der Waals surface area contributed by atoms with E-state index in [-0.39, 0.29) is 0 Å². The summed E-state index contributed by atoms with van der Waals surface area (Å²) in [5.41, 5.74) is 2.29. The van der Waals surface area contributed by atoms with Gasteiger partial charge in [0.05, 0.1) is 19.9 Å². The van der Waals surface area contributed by atoms with Gasteiger partial charge in [-0.25, -0.2) is 0 Å². The lowest BCUT2D eigenvalue weighted by molar-refractivity contribution is 0.348. The number of ether oxygens (including phenoxy) is 2. The fourth-order valence-electron chi connectivity index (χ4n) is 2.69. The minimum absolute atomic E-state index is 0.519. The number of rotatable bonds is 6. The molecule has 1 aromatic carbocycles. The van der Waals surface area contributed by atoms with E-state index in [9.17, 15) is 0 Å². The van der Waals surface area contributed by atoms with E-state index in [2.05, 4.69) is 40.6 Å². The normalized spacial score (nSPS) is 20.1. The first-order chi connectivity index (χ1) is 10.3. The molecule has 1 N–H and O–H groups in total. The van der Waals surface area contributed by atoms with Crippen LogP contribution in [0.2, 0.25) is 0 Å². The molecule has 0 spiro atoms. The van der Waals surface area contributed by atoms with E-state index < -0.39 is 0 Å². The zero-order chi connectivity index (χ0) is 14.7. The summed E-state index contributed by atoms with van der Waals surface area (Å²) >= 11 is 0. The zero-order valence-corrected chi connectivity index (χ0v) is 12.4. The van der Waals surface area contributed by atoms with Gasteiger partial charge in [-0.15, -0.1) is 0 Å². The van der Waals surface area contributed by atoms with E-state index in [1.54, 1.807) is 20.4 Å². The average Bonchev–Trinajstić information content (AvgIpc) is 3.33. The third kappa shape index (κ3) is 3.00. The van der Waals surface area contributed by atoms with E-state index in [1.807, 2.05) is 6.07 Å². The molecule has 2 atom stereocenters. The second kappa shape index (κ2) is 6.14. The molecule has 110 valence electrons. The van der Waals surface area contributed by atoms with Crippen molar-refractivity contribution < 1.29 is 9.47 Å². The molecule has 4 nitrogen and oxygen atoms in total. The van der Waals surface area contributed by atoms with Gasteiger partial charge in [-0.1, -0.05) is 30.3 Å². The van der Waals surface area contributed by atoms with Gasteiger partial charge in [-0.2, -0.15) is 0 Å². The lowest BCUT2D eigenvalue weighted by Crippen LogP contribution is -2.18. The van der Waals surface area contributed by atoms with Crippen molar-refractivity contribution in [3.63, 3.8) is 0 Å². The van der Waals surface area contributed by atoms with E-state index >= 15 is 0 Å². The van der Waals surface area contributed by atoms with Gasteiger partial charge in [0.1, 0.15) is 0 Å². The first kappa shape index (κ1) is 13.9. The van der Waals surface area contributed by atoms with Gasteiger partial charge in [-0.3, -0.25) is 4.98 Å². The van der Waals surface area contributed by atoms with Gasteiger partial charge >= 0.3 is 0 Å². The highest BCUT2D eigenvalue weighted by atomic mass is 16.5. The molecule has 1 aromatic heterocycles. The number of methoxy groups -OCH3 is 2. The summed E-state index contributed by atoms with van der Waals surface area (Å²) in [5, 5.41) is 3.55. The quantitative estimate of drug-likeness (QED) is 0.886. The van der Waals surface area contributed by atoms with Crippen LogP contribution >= 0.6 is 0 Å². The second-order valence-electron chi connectivity index (χ2n) is 5.23. The molecule has 0 aliphatic heterocycles. The molecule has 0 saturated heterocycles. The Hall–Kier alpha value is -2.07. The summed E-state index contributed by atoms with van der Waals surface area (Å²) in [6.07, 6.45) is 2.93. The highest BCUT2D eigenvalue weighted by Gasteiger charge is 2.37. The van der Waals surface area contributed by atoms with Crippen molar-refractivity contribution in [2.75, 3.05) is 14.2 Å². The Labute approximate surface area is 125 Å². The lowest BCUT2D eigenvalue weighted by atomic mass is 10.1. The maximum Gasteiger partial charge on any atom is 0.183 e. The number of nitrogens with one attached hydrogen (secondary N) is 1. The largest absolute Gasteiger partial charge is 0.493 e. The lowest BCUT2D eigenvalue weighted by Gasteiger charge is -2.12. The number of nitrogens with zero attached hydrogens (tertiary/aromatic N) is 1. The average molecular weight is 284 g/mol. The first-order valence-corrected chi connectivity index (χ1v) is 7.17. The predicted molar refractivity (Wildman–Crippen MR) is 81.8 cm³/mol. The van der Waals surface area contributed by atoms with Gasteiger partial charge in [0, 0.05) is 30.8 Å². The van der Waals surface area contributed by atoms with Crippen molar-refractivity contribution in [3.05, 3.63) is 53.9 Å². The Morgan fingerprint density at radius 3 is 2.67 bits per heavy atom. The molecule has 2 aromatic rings. The summed E-state index contributed by atoms with van der Waals surface area (Å²) in [4.78, 5) is 4.39. The van der Waals surface area contributed by atoms with Crippen molar-refractivity contribution in [2.24, 2.45) is 0 Å². The van der Waals surface area contributed by atoms with E-state index in [4.69, 9.17) is 9.47 Å². The highest BCUT2D eigenvalue weighted by molar-refractivity contribution is 5.42. The number of hydrogen-bond acceptors (Lipinski definition) is 4. The Bertz CT molecular complexity index is 601. The Kier molecular flexibility index (Phi) is 4.06. The molecule has 1 saturated carbocycles. The van der Waals surface area contributed by atoms with Gasteiger partial charge in [0.15, 0.2) is 11.5 Å². The zero-order valence-electron chi connectivity index (χ0n) is 12.4. The van der Waals surface area contributed by atoms with Gasteiger partial charge < -0.3 is 14.8 Å². The third-order valence-corrected chi connectivity index (χ3v) is 3.92. The molecule has 0 radical (unpaired) electrons. The summed E-state index contributed by atoms with van der Waals surface area (Å²) < 4.78 is 10.7. The standard InChI is InChI=1S/C17H20N2O2/c1-20-16-8-9-18-15(17(16)21-2)11-19-14-10-13(14)12-6-4-3-5-7-12/h3-9,13-14,19H,10-11H2,1-2H3. The number of pyridine rings is 1. The van der Waals surface area contributed by atoms with Crippen molar-refractivity contribution in [1.82, 2.24) is 10.3 Å². The fraction of sp³-hybridized carbons (Fsp3) is 0.353. The van der Waals surface area contributed by atoms with Gasteiger partial charge in [0.2, 0.25) is 0 Å². The van der Waals surface area contributed by atoms with Crippen LogP contribution in [0.15, 0.2) is 42.6 Å². The summed E-state index contributed by atoms with van der Waals surface area (Å²) in [7, 11) is 3.29. The van der Waals surface area contributed by atoms with E-state index in [0.717, 1.165) is 11.4 Å². The Morgan fingerprint density at radius 2 is 1.95 bits per heavy atom. The minimum atomic E-state index is 0.519. The first-order valence-electron chi connectivity index (χ1n) is 7.17. The number of hydrogen-bond donors (Lipinski definition) is 1. The molecule has 0 amide bonds. The highest BCUT2D eigenvalue weighted by Crippen LogP contribution is 2.41. The van der Waals surface area contributed by atoms with E-state index in [1.165, 1.54) is 12.0 Å². The van der Waals surface area contributed by atoms with Crippen LogP contribution in [0, 0.1) is 0 Å². The van der Waals surface area contributed by atoms with E-state index in [0.29, 0.717) is 24.3 Å². The molecule has 2 unspecified atom stereocenters. The monoisotopic (exact) mass is 284 g/mol. The molecule has 1 fully saturated rings. The van der Waals surface area contributed by atoms with Crippen LogP contribution in [0.1, 0.15) is 23.6 Å². The maximum atomic E-state index is 5.40. The summed E-state index contributed by atoms with van der Waals surface area (Å²) in [6, 6.07) is 13.0. The minimum Gasteiger partial charge on any atom is -0.493 e. The molecule has 1 aliphatic carbocycles. The van der Waals surface area contributed by atoms with Crippen LogP contribution < -0.4 is 14.8 Å². The van der Waals surface area contributed by atoms with Crippen molar-refractivity contribution >= 4 is 0 Å². The Morgan fingerprint density at radius 1 is 1.14 bits per heavy atom. The van der Waals surface area contributed by atoms with Crippen molar-refractivity contribution in [3.8, 4) is 11.5 Å². The van der Waals surface area contributed by atoms with Gasteiger partial charge in [0.25, 0.3) is 0 Å². The van der Waals surface area contributed by atoms with Crippen LogP contribution in [0.3, 0.4) is 0 Å².